The van der Waals surface area contributed by atoms with Gasteiger partial charge in [-0.2, -0.15) is 0 Å². The summed E-state index contributed by atoms with van der Waals surface area (Å²) < 4.78 is 30.8. The summed E-state index contributed by atoms with van der Waals surface area (Å²) in [5.74, 6) is 0.123. The van der Waals surface area contributed by atoms with Crippen LogP contribution in [0.25, 0.3) is 0 Å². The van der Waals surface area contributed by atoms with Gasteiger partial charge in [0.15, 0.2) is 6.29 Å². The minimum absolute atomic E-state index is 0.162. The van der Waals surface area contributed by atoms with E-state index in [-0.39, 0.29) is 18.7 Å². The number of benzene rings is 1. The smallest absolute Gasteiger partial charge is 0.160 e. The fourth-order valence-corrected chi connectivity index (χ4v) is 2.08. The molecule has 1 aromatic carbocycles. The highest BCUT2D eigenvalue weighted by Gasteiger charge is 2.35. The number of rotatable bonds is 5. The molecule has 0 bridgehead atoms. The van der Waals surface area contributed by atoms with Gasteiger partial charge < -0.3 is 14.2 Å². The second kappa shape index (κ2) is 6.66. The zero-order chi connectivity index (χ0) is 14.6. The third-order valence-electron chi connectivity index (χ3n) is 3.75. The molecule has 1 fully saturated rings. The maximum atomic E-state index is 13.5. The van der Waals surface area contributed by atoms with Crippen LogP contribution in [-0.4, -0.2) is 25.1 Å². The average molecular weight is 282 g/mol. The highest BCUT2D eigenvalue weighted by atomic mass is 19.1. The molecule has 112 valence electrons. The largest absolute Gasteiger partial charge is 0.366 e. The molecule has 0 radical (unpaired) electrons. The molecule has 3 nitrogen and oxygen atoms in total. The van der Waals surface area contributed by atoms with Gasteiger partial charge in [0.1, 0.15) is 11.4 Å². The minimum atomic E-state index is -0.522. The molecule has 1 atom stereocenters. The molecule has 0 spiro atoms. The molecule has 1 aliphatic heterocycles. The zero-order valence-electron chi connectivity index (χ0n) is 12.4. The first-order chi connectivity index (χ1) is 9.54. The van der Waals surface area contributed by atoms with Gasteiger partial charge in [0, 0.05) is 11.5 Å². The maximum Gasteiger partial charge on any atom is 0.160 e. The van der Waals surface area contributed by atoms with Gasteiger partial charge in [-0.15, -0.1) is 0 Å². The lowest BCUT2D eigenvalue weighted by Gasteiger charge is -2.39. The molecule has 1 heterocycles. The summed E-state index contributed by atoms with van der Waals surface area (Å²) in [7, 11) is 0. The van der Waals surface area contributed by atoms with Crippen molar-refractivity contribution in [3.05, 3.63) is 35.6 Å². The third-order valence-corrected chi connectivity index (χ3v) is 3.75. The van der Waals surface area contributed by atoms with Crippen LogP contribution in [0.15, 0.2) is 24.3 Å². The summed E-state index contributed by atoms with van der Waals surface area (Å²) in [5.41, 5.74) is 0.0319. The Balaban J connectivity index is 1.86. The number of halogens is 1. The van der Waals surface area contributed by atoms with E-state index in [0.717, 1.165) is 6.42 Å². The highest BCUT2D eigenvalue weighted by molar-refractivity contribution is 5.16. The fourth-order valence-electron chi connectivity index (χ4n) is 2.08. The van der Waals surface area contributed by atoms with Crippen LogP contribution < -0.4 is 0 Å². The van der Waals surface area contributed by atoms with Crippen molar-refractivity contribution in [2.75, 3.05) is 13.2 Å². The third kappa shape index (κ3) is 3.78. The summed E-state index contributed by atoms with van der Waals surface area (Å²) in [4.78, 5) is 0. The molecule has 0 N–H and O–H groups in total. The standard InChI is InChI=1S/C16H23FO3/c1-4-12(2)15-18-10-16(3,11-19-15)20-9-13-7-5-6-8-14(13)17/h5-8,12,15H,4,9-11H2,1-3H3. The molecule has 4 heteroatoms. The van der Waals surface area contributed by atoms with Crippen LogP contribution in [-0.2, 0) is 20.8 Å². The molecule has 1 aliphatic rings. The molecule has 0 aliphatic carbocycles. The Morgan fingerprint density at radius 3 is 2.60 bits per heavy atom. The van der Waals surface area contributed by atoms with Crippen LogP contribution in [0.3, 0.4) is 0 Å². The number of hydrogen-bond acceptors (Lipinski definition) is 3. The molecule has 0 saturated carbocycles. The molecule has 1 saturated heterocycles. The van der Waals surface area contributed by atoms with Crippen LogP contribution in [0, 0.1) is 11.7 Å². The SMILES string of the molecule is CCC(C)C1OCC(C)(OCc2ccccc2F)CO1. The lowest BCUT2D eigenvalue weighted by molar-refractivity contribution is -0.277. The first-order valence-electron chi connectivity index (χ1n) is 7.14. The lowest BCUT2D eigenvalue weighted by atomic mass is 10.1. The second-order valence-corrected chi connectivity index (χ2v) is 5.71. The number of hydrogen-bond donors (Lipinski definition) is 0. The van der Waals surface area contributed by atoms with E-state index in [0.29, 0.717) is 24.7 Å². The van der Waals surface area contributed by atoms with Gasteiger partial charge in [-0.25, -0.2) is 4.39 Å². The predicted octanol–water partition coefficient (Wildman–Crippen LogP) is 3.52. The van der Waals surface area contributed by atoms with E-state index in [1.165, 1.54) is 6.07 Å². The van der Waals surface area contributed by atoms with Crippen molar-refractivity contribution >= 4 is 0 Å². The lowest BCUT2D eigenvalue weighted by Crippen LogP contribution is -2.48. The summed E-state index contributed by atoms with van der Waals surface area (Å²) in [6.07, 6.45) is 0.849. The monoisotopic (exact) mass is 282 g/mol. The van der Waals surface area contributed by atoms with E-state index in [2.05, 4.69) is 13.8 Å². The first kappa shape index (κ1) is 15.4. The maximum absolute atomic E-state index is 13.5. The van der Waals surface area contributed by atoms with Crippen LogP contribution in [0.4, 0.5) is 4.39 Å². The molecule has 0 amide bonds. The van der Waals surface area contributed by atoms with E-state index in [1.807, 2.05) is 6.92 Å². The van der Waals surface area contributed by atoms with Crippen molar-refractivity contribution in [3.63, 3.8) is 0 Å². The van der Waals surface area contributed by atoms with Crippen LogP contribution in [0.5, 0.6) is 0 Å². The van der Waals surface area contributed by atoms with E-state index in [4.69, 9.17) is 14.2 Å². The van der Waals surface area contributed by atoms with Gasteiger partial charge in [0.2, 0.25) is 0 Å². The fraction of sp³-hybridized carbons (Fsp3) is 0.625. The molecule has 0 aromatic heterocycles. The molecule has 1 aromatic rings. The molecular weight excluding hydrogens is 259 g/mol. The average Bonchev–Trinajstić information content (AvgIpc) is 2.46. The summed E-state index contributed by atoms with van der Waals surface area (Å²) in [5, 5.41) is 0. The Morgan fingerprint density at radius 1 is 1.35 bits per heavy atom. The van der Waals surface area contributed by atoms with Gasteiger partial charge in [-0.05, 0) is 19.4 Å². The second-order valence-electron chi connectivity index (χ2n) is 5.71. The minimum Gasteiger partial charge on any atom is -0.366 e. The van der Waals surface area contributed by atoms with Gasteiger partial charge >= 0.3 is 0 Å². The predicted molar refractivity (Wildman–Crippen MR) is 74.7 cm³/mol. The molecular formula is C16H23FO3. The van der Waals surface area contributed by atoms with Crippen molar-refractivity contribution < 1.29 is 18.6 Å². The summed E-state index contributed by atoms with van der Waals surface area (Å²) >= 11 is 0. The van der Waals surface area contributed by atoms with Gasteiger partial charge in [-0.3, -0.25) is 0 Å². The number of ether oxygens (including phenoxy) is 3. The zero-order valence-corrected chi connectivity index (χ0v) is 12.4. The Kier molecular flexibility index (Phi) is 5.13. The quantitative estimate of drug-likeness (QED) is 0.827. The van der Waals surface area contributed by atoms with Gasteiger partial charge in [-0.1, -0.05) is 32.0 Å². The van der Waals surface area contributed by atoms with Crippen molar-refractivity contribution in [1.29, 1.82) is 0 Å². The molecule has 1 unspecified atom stereocenters. The van der Waals surface area contributed by atoms with Crippen molar-refractivity contribution in [3.8, 4) is 0 Å². The van der Waals surface area contributed by atoms with E-state index < -0.39 is 5.60 Å². The summed E-state index contributed by atoms with van der Waals surface area (Å²) in [6.45, 7) is 7.31. The Bertz CT molecular complexity index is 427. The van der Waals surface area contributed by atoms with Crippen LogP contribution in [0.2, 0.25) is 0 Å². The molecule has 20 heavy (non-hydrogen) atoms. The van der Waals surface area contributed by atoms with Crippen molar-refractivity contribution in [1.82, 2.24) is 0 Å². The van der Waals surface area contributed by atoms with Crippen LogP contribution >= 0.6 is 0 Å². The first-order valence-corrected chi connectivity index (χ1v) is 7.14. The van der Waals surface area contributed by atoms with E-state index in [9.17, 15) is 4.39 Å². The Labute approximate surface area is 120 Å². The Hall–Kier alpha value is -0.970. The van der Waals surface area contributed by atoms with E-state index >= 15 is 0 Å². The van der Waals surface area contributed by atoms with Crippen molar-refractivity contribution in [2.24, 2.45) is 5.92 Å². The van der Waals surface area contributed by atoms with Crippen molar-refractivity contribution in [2.45, 2.75) is 45.7 Å². The van der Waals surface area contributed by atoms with Gasteiger partial charge in [0.25, 0.3) is 0 Å². The van der Waals surface area contributed by atoms with E-state index in [1.54, 1.807) is 18.2 Å². The van der Waals surface area contributed by atoms with Crippen LogP contribution in [0.1, 0.15) is 32.8 Å². The normalized spacial score (nSPS) is 28.3. The molecule has 2 rings (SSSR count). The topological polar surface area (TPSA) is 27.7 Å². The summed E-state index contributed by atoms with van der Waals surface area (Å²) in [6, 6.07) is 6.64. The van der Waals surface area contributed by atoms with Gasteiger partial charge in [0.05, 0.1) is 19.8 Å². The Morgan fingerprint density at radius 2 is 2.00 bits per heavy atom. The highest BCUT2D eigenvalue weighted by Crippen LogP contribution is 2.25.